The average Bonchev–Trinajstić information content (AvgIpc) is 3.51. The Balaban J connectivity index is 0.000000175. The number of benzene rings is 1. The Morgan fingerprint density at radius 1 is 1.14 bits per heavy atom. The lowest BCUT2D eigenvalue weighted by molar-refractivity contribution is -0.140. The number of hydroxylamine groups is 1. The van der Waals surface area contributed by atoms with Crippen LogP contribution in [0.5, 0.6) is 0 Å². The highest BCUT2D eigenvalue weighted by atomic mass is 31.2. The maximum Gasteiger partial charge on any atom is 0.527 e. The molecule has 1 aromatic carbocycles. The zero-order valence-electron chi connectivity index (χ0n) is 24.6. The first-order chi connectivity index (χ1) is 21.1. The van der Waals surface area contributed by atoms with Gasteiger partial charge in [0.15, 0.2) is 23.0 Å². The second-order valence-electron chi connectivity index (χ2n) is 11.4. The highest BCUT2D eigenvalue weighted by molar-refractivity contribution is 7.46. The molecule has 14 nitrogen and oxygen atoms in total. The van der Waals surface area contributed by atoms with E-state index in [0.29, 0.717) is 11.7 Å². The quantitative estimate of drug-likeness (QED) is 0.123. The number of hydrogen-bond acceptors (Lipinski definition) is 11. The van der Waals surface area contributed by atoms with E-state index in [1.54, 1.807) is 30.6 Å². The fraction of sp³-hybridized carbons (Fsp3) is 0.517. The van der Waals surface area contributed by atoms with E-state index in [1.165, 1.54) is 18.4 Å². The summed E-state index contributed by atoms with van der Waals surface area (Å²) in [4.78, 5) is 48.7. The summed E-state index contributed by atoms with van der Waals surface area (Å²) in [5.41, 5.74) is 7.98. The Morgan fingerprint density at radius 2 is 1.86 bits per heavy atom. The third-order valence-electron chi connectivity index (χ3n) is 7.83. The Bertz CT molecular complexity index is 1490. The van der Waals surface area contributed by atoms with Crippen molar-refractivity contribution in [2.24, 2.45) is 5.92 Å². The van der Waals surface area contributed by atoms with Crippen LogP contribution in [0.1, 0.15) is 64.3 Å². The molecule has 0 saturated heterocycles. The molecule has 0 bridgehead atoms. The zero-order chi connectivity index (χ0) is 31.3. The summed E-state index contributed by atoms with van der Waals surface area (Å²) in [5.74, 6) is 0.154. The largest absolute Gasteiger partial charge is 0.527 e. The summed E-state index contributed by atoms with van der Waals surface area (Å²) in [6, 6.07) is 8.64. The van der Waals surface area contributed by atoms with Crippen LogP contribution in [0.2, 0.25) is 0 Å². The van der Waals surface area contributed by atoms with Gasteiger partial charge in [-0.05, 0) is 51.2 Å². The third kappa shape index (κ3) is 8.33. The minimum Gasteiger partial charge on any atom is -0.396 e. The molecule has 0 aliphatic heterocycles. The van der Waals surface area contributed by atoms with E-state index in [-0.39, 0.29) is 30.6 Å². The van der Waals surface area contributed by atoms with E-state index < -0.39 is 19.8 Å². The molecule has 2 saturated carbocycles. The molecule has 2 aromatic heterocycles. The summed E-state index contributed by atoms with van der Waals surface area (Å²) in [6.07, 6.45) is 14.2. The molecule has 6 rings (SSSR count). The SMILES string of the molecule is C[C@@H](C(=O)OP(=O)(O)O)N(OC1CCCCC1)c1ccccc1.Nc1nc(NC2CC2)c2ncn([C@H]3C=C[C@@H](CO)C3)c2n1. The van der Waals surface area contributed by atoms with Gasteiger partial charge in [0, 0.05) is 18.6 Å². The van der Waals surface area contributed by atoms with Crippen molar-refractivity contribution in [1.82, 2.24) is 19.5 Å². The molecule has 2 heterocycles. The molecule has 6 N–H and O–H groups in total. The van der Waals surface area contributed by atoms with Crippen molar-refractivity contribution in [1.29, 1.82) is 0 Å². The number of aliphatic hydroxyl groups excluding tert-OH is 1. The van der Waals surface area contributed by atoms with E-state index in [9.17, 15) is 14.5 Å². The van der Waals surface area contributed by atoms with Gasteiger partial charge in [-0.3, -0.25) is 14.6 Å². The van der Waals surface area contributed by atoms with Crippen molar-refractivity contribution < 1.29 is 33.6 Å². The summed E-state index contributed by atoms with van der Waals surface area (Å²) in [6.45, 7) is 1.67. The fourth-order valence-electron chi connectivity index (χ4n) is 5.36. The van der Waals surface area contributed by atoms with Crippen LogP contribution in [-0.2, 0) is 18.7 Å². The van der Waals surface area contributed by atoms with Crippen LogP contribution in [-0.4, -0.2) is 65.2 Å². The minimum atomic E-state index is -4.88. The maximum atomic E-state index is 12.0. The lowest BCUT2D eigenvalue weighted by atomic mass is 9.98. The molecule has 3 aromatic rings. The number of phosphoric acid groups is 1. The molecular weight excluding hydrogens is 589 g/mol. The van der Waals surface area contributed by atoms with Gasteiger partial charge in [-0.2, -0.15) is 9.97 Å². The monoisotopic (exact) mass is 629 g/mol. The summed E-state index contributed by atoms with van der Waals surface area (Å²) in [7, 11) is -4.88. The number of phosphoric ester groups is 1. The minimum absolute atomic E-state index is 0.0192. The van der Waals surface area contributed by atoms with Crippen LogP contribution in [0.3, 0.4) is 0 Å². The number of nitrogens with one attached hydrogen (secondary N) is 1. The summed E-state index contributed by atoms with van der Waals surface area (Å²) < 4.78 is 17.1. The van der Waals surface area contributed by atoms with Gasteiger partial charge in [-0.1, -0.05) is 49.6 Å². The number of imidazole rings is 1. The van der Waals surface area contributed by atoms with Crippen LogP contribution in [0.25, 0.3) is 11.2 Å². The number of aromatic nitrogens is 4. The number of para-hydroxylation sites is 1. The van der Waals surface area contributed by atoms with Crippen molar-refractivity contribution in [2.75, 3.05) is 22.7 Å². The molecule has 3 atom stereocenters. The number of hydrogen-bond donors (Lipinski definition) is 5. The highest BCUT2D eigenvalue weighted by Crippen LogP contribution is 2.37. The normalized spacial score (nSPS) is 21.0. The Hall–Kier alpha value is -3.55. The van der Waals surface area contributed by atoms with Gasteiger partial charge < -0.3 is 25.2 Å². The number of nitrogens with zero attached hydrogens (tertiary/aromatic N) is 5. The van der Waals surface area contributed by atoms with Crippen molar-refractivity contribution in [3.8, 4) is 0 Å². The van der Waals surface area contributed by atoms with Gasteiger partial charge in [0.1, 0.15) is 0 Å². The molecule has 0 radical (unpaired) electrons. The van der Waals surface area contributed by atoms with Gasteiger partial charge >= 0.3 is 13.8 Å². The fourth-order valence-corrected chi connectivity index (χ4v) is 5.75. The lowest BCUT2D eigenvalue weighted by Crippen LogP contribution is -2.42. The molecule has 3 aliphatic carbocycles. The number of aliphatic hydroxyl groups is 1. The second kappa shape index (κ2) is 14.0. The molecule has 238 valence electrons. The van der Waals surface area contributed by atoms with E-state index in [1.807, 2.05) is 16.7 Å². The van der Waals surface area contributed by atoms with Crippen molar-refractivity contribution in [2.45, 2.75) is 82.5 Å². The summed E-state index contributed by atoms with van der Waals surface area (Å²) >= 11 is 0. The first-order valence-corrected chi connectivity index (χ1v) is 16.5. The molecule has 0 unspecified atom stereocenters. The number of anilines is 3. The van der Waals surface area contributed by atoms with E-state index in [4.69, 9.17) is 20.4 Å². The number of nitrogens with two attached hydrogens (primary N) is 1. The van der Waals surface area contributed by atoms with Crippen LogP contribution in [0, 0.1) is 5.92 Å². The number of carbonyl (C=O) groups is 1. The first-order valence-electron chi connectivity index (χ1n) is 15.0. The Morgan fingerprint density at radius 3 is 2.50 bits per heavy atom. The lowest BCUT2D eigenvalue weighted by Gasteiger charge is -2.33. The Kier molecular flexibility index (Phi) is 10.2. The molecule has 15 heteroatoms. The second-order valence-corrected chi connectivity index (χ2v) is 12.6. The molecule has 44 heavy (non-hydrogen) atoms. The number of carbonyl (C=O) groups excluding carboxylic acids is 1. The van der Waals surface area contributed by atoms with Crippen LogP contribution in [0.15, 0.2) is 48.8 Å². The van der Waals surface area contributed by atoms with Gasteiger partial charge in [0.05, 0.1) is 24.2 Å². The average molecular weight is 630 g/mol. The number of rotatable bonds is 10. The molecule has 0 amide bonds. The predicted octanol–water partition coefficient (Wildman–Crippen LogP) is 3.87. The van der Waals surface area contributed by atoms with Gasteiger partial charge in [-0.25, -0.2) is 19.4 Å². The third-order valence-corrected chi connectivity index (χ3v) is 8.24. The van der Waals surface area contributed by atoms with Crippen molar-refractivity contribution in [3.63, 3.8) is 0 Å². The first kappa shape index (κ1) is 31.9. The van der Waals surface area contributed by atoms with Crippen LogP contribution < -0.4 is 16.1 Å². The molecular formula is C29H40N7O7P. The van der Waals surface area contributed by atoms with E-state index in [2.05, 4.69) is 30.9 Å². The van der Waals surface area contributed by atoms with Crippen LogP contribution >= 0.6 is 7.82 Å². The van der Waals surface area contributed by atoms with E-state index >= 15 is 0 Å². The Labute approximate surface area is 255 Å². The number of allylic oxidation sites excluding steroid dienone is 1. The standard InChI is InChI=1S/C15H22NO6P.C14H18N6O/c1-12(15(17)22-23(18,19)20)16(13-8-4-2-5-9-13)21-14-10-6-3-7-11-14;15-14-18-12(17-9-2-3-9)11-13(19-14)20(7-16-11)10-4-1-8(5-10)6-21/h2,4-5,8-9,12,14H,3,6-7,10-11H2,1H3,(H2,18,19,20);1,4,7-10,21H,2-3,5-6H2,(H3,15,17,18,19)/t12-;8-,10+/m01/s1. The maximum absolute atomic E-state index is 12.0. The molecule has 0 spiro atoms. The topological polar surface area (TPSA) is 198 Å². The number of fused-ring (bicyclic) bond motifs is 1. The van der Waals surface area contributed by atoms with Crippen molar-refractivity contribution >= 4 is 42.4 Å². The smallest absolute Gasteiger partial charge is 0.396 e. The van der Waals surface area contributed by atoms with E-state index in [0.717, 1.165) is 61.9 Å². The van der Waals surface area contributed by atoms with Gasteiger partial charge in [-0.15, -0.1) is 0 Å². The van der Waals surface area contributed by atoms with Gasteiger partial charge in [0.2, 0.25) is 5.95 Å². The summed E-state index contributed by atoms with van der Waals surface area (Å²) in [5, 5.41) is 14.0. The predicted molar refractivity (Wildman–Crippen MR) is 164 cm³/mol. The number of nitrogen functional groups attached to an aromatic ring is 1. The van der Waals surface area contributed by atoms with Gasteiger partial charge in [0.25, 0.3) is 0 Å². The van der Waals surface area contributed by atoms with Crippen molar-refractivity contribution in [3.05, 3.63) is 48.8 Å². The zero-order valence-corrected chi connectivity index (χ0v) is 25.5. The molecule has 2 fully saturated rings. The van der Waals surface area contributed by atoms with Crippen LogP contribution in [0.4, 0.5) is 17.5 Å². The molecule has 3 aliphatic rings. The highest BCUT2D eigenvalue weighted by Gasteiger charge is 2.32.